The van der Waals surface area contributed by atoms with E-state index in [1.165, 1.54) is 0 Å². The van der Waals surface area contributed by atoms with Gasteiger partial charge in [0.25, 0.3) is 0 Å². The van der Waals surface area contributed by atoms with E-state index in [4.69, 9.17) is 0 Å². The highest BCUT2D eigenvalue weighted by molar-refractivity contribution is 7.89. The molecule has 0 aromatic heterocycles. The molecule has 0 aliphatic carbocycles. The van der Waals surface area contributed by atoms with Gasteiger partial charge in [-0.2, -0.15) is 0 Å². The molecular weight excluding hydrogens is 264 g/mol. The van der Waals surface area contributed by atoms with E-state index in [-0.39, 0.29) is 17.4 Å². The van der Waals surface area contributed by atoms with Gasteiger partial charge >= 0.3 is 0 Å². The van der Waals surface area contributed by atoms with Gasteiger partial charge in [-0.05, 0) is 24.1 Å². The van der Waals surface area contributed by atoms with Crippen LogP contribution in [0.2, 0.25) is 0 Å². The molecule has 1 aromatic rings. The zero-order chi connectivity index (χ0) is 13.9. The van der Waals surface area contributed by atoms with Crippen molar-refractivity contribution >= 4 is 10.0 Å². The predicted octanol–water partition coefficient (Wildman–Crippen LogP) is 1.26. The highest BCUT2D eigenvalue weighted by Gasteiger charge is 2.18. The summed E-state index contributed by atoms with van der Waals surface area (Å²) in [5.74, 6) is -2.46. The van der Waals surface area contributed by atoms with Crippen LogP contribution in [0.4, 0.5) is 8.78 Å². The number of aliphatic hydroxyl groups excluding tert-OH is 1. The maximum Gasteiger partial charge on any atom is 0.240 e. The average molecular weight is 279 g/mol. The van der Waals surface area contributed by atoms with E-state index >= 15 is 0 Å². The number of rotatable bonds is 5. The molecule has 0 bridgehead atoms. The maximum atomic E-state index is 12.9. The Hall–Kier alpha value is -1.05. The molecule has 102 valence electrons. The molecule has 0 amide bonds. The molecule has 1 unspecified atom stereocenters. The Morgan fingerprint density at radius 3 is 2.39 bits per heavy atom. The average Bonchev–Trinajstić information content (AvgIpc) is 2.29. The number of sulfonamides is 1. The van der Waals surface area contributed by atoms with Gasteiger partial charge in [-0.25, -0.2) is 21.9 Å². The Labute approximate surface area is 105 Å². The molecule has 18 heavy (non-hydrogen) atoms. The van der Waals surface area contributed by atoms with Crippen molar-refractivity contribution in [2.45, 2.75) is 24.8 Å². The molecule has 0 saturated heterocycles. The van der Waals surface area contributed by atoms with E-state index in [0.717, 1.165) is 12.1 Å². The van der Waals surface area contributed by atoms with Crippen LogP contribution in [0.15, 0.2) is 23.1 Å². The summed E-state index contributed by atoms with van der Waals surface area (Å²) in [5.41, 5.74) is 0. The number of halogens is 2. The minimum absolute atomic E-state index is 0.113. The summed E-state index contributed by atoms with van der Waals surface area (Å²) in [6, 6.07) is 2.30. The molecule has 0 fully saturated rings. The van der Waals surface area contributed by atoms with E-state index in [2.05, 4.69) is 4.72 Å². The van der Waals surface area contributed by atoms with Crippen molar-refractivity contribution in [3.63, 3.8) is 0 Å². The second-order valence-corrected chi connectivity index (χ2v) is 6.01. The van der Waals surface area contributed by atoms with Crippen molar-refractivity contribution in [1.29, 1.82) is 0 Å². The third-order valence-electron chi connectivity index (χ3n) is 2.45. The first-order chi connectivity index (χ1) is 8.24. The van der Waals surface area contributed by atoms with Gasteiger partial charge in [-0.1, -0.05) is 13.8 Å². The van der Waals surface area contributed by atoms with Crippen molar-refractivity contribution in [2.24, 2.45) is 5.92 Å². The van der Waals surface area contributed by atoms with Gasteiger partial charge in [0.05, 0.1) is 11.0 Å². The number of aliphatic hydroxyl groups is 1. The van der Waals surface area contributed by atoms with Crippen LogP contribution in [0.5, 0.6) is 0 Å². The van der Waals surface area contributed by atoms with E-state index in [1.54, 1.807) is 13.8 Å². The molecular formula is C11H15F2NO3S. The van der Waals surface area contributed by atoms with Crippen LogP contribution >= 0.6 is 0 Å². The van der Waals surface area contributed by atoms with Crippen molar-refractivity contribution in [1.82, 2.24) is 4.72 Å². The number of nitrogens with one attached hydrogen (secondary N) is 1. The van der Waals surface area contributed by atoms with Crippen LogP contribution in [0, 0.1) is 17.6 Å². The second-order valence-electron chi connectivity index (χ2n) is 4.24. The third-order valence-corrected chi connectivity index (χ3v) is 3.87. The quantitative estimate of drug-likeness (QED) is 0.852. The second kappa shape index (κ2) is 5.73. The van der Waals surface area contributed by atoms with Gasteiger partial charge in [-0.15, -0.1) is 0 Å². The van der Waals surface area contributed by atoms with Crippen LogP contribution in [0.25, 0.3) is 0 Å². The lowest BCUT2D eigenvalue weighted by atomic mass is 10.1. The molecule has 0 aliphatic heterocycles. The summed E-state index contributed by atoms with van der Waals surface area (Å²) in [4.78, 5) is -0.377. The van der Waals surface area contributed by atoms with Crippen molar-refractivity contribution in [2.75, 3.05) is 6.54 Å². The van der Waals surface area contributed by atoms with Gasteiger partial charge in [0.1, 0.15) is 0 Å². The SMILES string of the molecule is CC(C)C(O)CNS(=O)(=O)c1ccc(F)c(F)c1. The van der Waals surface area contributed by atoms with Gasteiger partial charge < -0.3 is 5.11 Å². The van der Waals surface area contributed by atoms with E-state index in [1.807, 2.05) is 0 Å². The first-order valence-electron chi connectivity index (χ1n) is 5.37. The van der Waals surface area contributed by atoms with Crippen molar-refractivity contribution < 1.29 is 22.3 Å². The highest BCUT2D eigenvalue weighted by Crippen LogP contribution is 2.13. The summed E-state index contributed by atoms with van der Waals surface area (Å²) >= 11 is 0. The molecule has 1 atom stereocenters. The van der Waals surface area contributed by atoms with Crippen molar-refractivity contribution in [3.05, 3.63) is 29.8 Å². The van der Waals surface area contributed by atoms with Gasteiger partial charge in [0, 0.05) is 6.54 Å². The number of benzene rings is 1. The summed E-state index contributed by atoms with van der Waals surface area (Å²) < 4.78 is 51.2. The number of hydrogen-bond donors (Lipinski definition) is 2. The lowest BCUT2D eigenvalue weighted by molar-refractivity contribution is 0.129. The number of hydrogen-bond acceptors (Lipinski definition) is 3. The van der Waals surface area contributed by atoms with E-state index in [0.29, 0.717) is 6.07 Å². The fourth-order valence-corrected chi connectivity index (χ4v) is 2.22. The fourth-order valence-electron chi connectivity index (χ4n) is 1.16. The molecule has 1 rings (SSSR count). The topological polar surface area (TPSA) is 66.4 Å². The monoisotopic (exact) mass is 279 g/mol. The van der Waals surface area contributed by atoms with Crippen molar-refractivity contribution in [3.8, 4) is 0 Å². The molecule has 0 radical (unpaired) electrons. The Kier molecular flexibility index (Phi) is 4.78. The Balaban J connectivity index is 2.83. The zero-order valence-corrected chi connectivity index (χ0v) is 10.8. The van der Waals surface area contributed by atoms with Crippen LogP contribution in [-0.4, -0.2) is 26.2 Å². The van der Waals surface area contributed by atoms with Crippen LogP contribution in [0.3, 0.4) is 0 Å². The Morgan fingerprint density at radius 1 is 1.28 bits per heavy atom. The minimum Gasteiger partial charge on any atom is -0.391 e. The molecule has 2 N–H and O–H groups in total. The van der Waals surface area contributed by atoms with Gasteiger partial charge in [-0.3, -0.25) is 0 Å². The summed E-state index contributed by atoms with van der Waals surface area (Å²) in [6.45, 7) is 3.28. The molecule has 4 nitrogen and oxygen atoms in total. The zero-order valence-electron chi connectivity index (χ0n) is 10.0. The first kappa shape index (κ1) is 15.0. The largest absolute Gasteiger partial charge is 0.391 e. The van der Waals surface area contributed by atoms with Gasteiger partial charge in [0.2, 0.25) is 10.0 Å². The summed E-state index contributed by atoms with van der Waals surface area (Å²) in [6.07, 6.45) is -0.843. The fraction of sp³-hybridized carbons (Fsp3) is 0.455. The van der Waals surface area contributed by atoms with E-state index < -0.39 is 27.8 Å². The standard InChI is InChI=1S/C11H15F2NO3S/c1-7(2)11(15)6-14-18(16,17)8-3-4-9(12)10(13)5-8/h3-5,7,11,14-15H,6H2,1-2H3. The van der Waals surface area contributed by atoms with Crippen LogP contribution < -0.4 is 4.72 Å². The lowest BCUT2D eigenvalue weighted by Crippen LogP contribution is -2.34. The van der Waals surface area contributed by atoms with Gasteiger partial charge in [0.15, 0.2) is 11.6 Å². The smallest absolute Gasteiger partial charge is 0.240 e. The first-order valence-corrected chi connectivity index (χ1v) is 6.85. The molecule has 0 heterocycles. The Morgan fingerprint density at radius 2 is 1.89 bits per heavy atom. The lowest BCUT2D eigenvalue weighted by Gasteiger charge is -2.15. The van der Waals surface area contributed by atoms with E-state index in [9.17, 15) is 22.3 Å². The molecule has 0 saturated carbocycles. The predicted molar refractivity (Wildman–Crippen MR) is 62.4 cm³/mol. The molecule has 0 aliphatic rings. The summed E-state index contributed by atoms with van der Waals surface area (Å²) in [5, 5.41) is 9.47. The minimum atomic E-state index is -3.94. The molecule has 1 aromatic carbocycles. The normalized spacial score (nSPS) is 13.9. The molecule has 7 heteroatoms. The molecule has 0 spiro atoms. The summed E-state index contributed by atoms with van der Waals surface area (Å²) in [7, 11) is -3.94. The third kappa shape index (κ3) is 3.72. The van der Waals surface area contributed by atoms with Crippen LogP contribution in [-0.2, 0) is 10.0 Å². The highest BCUT2D eigenvalue weighted by atomic mass is 32.2. The van der Waals surface area contributed by atoms with Crippen LogP contribution in [0.1, 0.15) is 13.8 Å². The Bertz CT molecular complexity index is 517. The maximum absolute atomic E-state index is 12.9.